The van der Waals surface area contributed by atoms with Crippen molar-refractivity contribution in [3.63, 3.8) is 0 Å². The lowest BCUT2D eigenvalue weighted by Crippen LogP contribution is -2.26. The summed E-state index contributed by atoms with van der Waals surface area (Å²) < 4.78 is 27.0. The van der Waals surface area contributed by atoms with E-state index in [1.165, 1.54) is 40.5 Å². The maximum atomic E-state index is 12.9. The van der Waals surface area contributed by atoms with Crippen LogP contribution in [-0.4, -0.2) is 45.6 Å². The molecule has 3 rings (SSSR count). The second-order valence-electron chi connectivity index (χ2n) is 7.05. The number of thioether (sulfide) groups is 1. The first kappa shape index (κ1) is 23.4. The Morgan fingerprint density at radius 1 is 0.812 bits per heavy atom. The molecule has 0 aliphatic carbocycles. The van der Waals surface area contributed by atoms with Crippen molar-refractivity contribution in [3.8, 4) is 0 Å². The van der Waals surface area contributed by atoms with Crippen LogP contribution in [0.25, 0.3) is 0 Å². The third-order valence-corrected chi connectivity index (χ3v) is 7.51. The molecule has 3 aromatic rings. The molecular formula is C23H23N3O4S2. The zero-order chi connectivity index (χ0) is 23.3. The molecule has 0 atom stereocenters. The third-order valence-electron chi connectivity index (χ3n) is 4.59. The van der Waals surface area contributed by atoms with Crippen LogP contribution in [0.2, 0.25) is 0 Å². The van der Waals surface area contributed by atoms with Crippen LogP contribution in [-0.2, 0) is 10.0 Å². The summed E-state index contributed by atoms with van der Waals surface area (Å²) >= 11 is 1.01. The number of benzene rings is 3. The minimum absolute atomic E-state index is 0.0768. The molecule has 0 unspecified atom stereocenters. The molecular weight excluding hydrogens is 446 g/mol. The van der Waals surface area contributed by atoms with Crippen LogP contribution in [0.1, 0.15) is 10.4 Å². The SMILES string of the molecule is CN(C)C(=O)Sc1ccccc1NC(=O)c1ccc(S(=O)(=O)N(C)c2ccccc2)cc1. The summed E-state index contributed by atoms with van der Waals surface area (Å²) in [5, 5.41) is 2.62. The minimum Gasteiger partial charge on any atom is -0.339 e. The molecule has 3 aromatic carbocycles. The van der Waals surface area contributed by atoms with E-state index >= 15 is 0 Å². The summed E-state index contributed by atoms with van der Waals surface area (Å²) in [5.74, 6) is -0.407. The highest BCUT2D eigenvalue weighted by molar-refractivity contribution is 8.13. The van der Waals surface area contributed by atoms with Gasteiger partial charge in [-0.2, -0.15) is 0 Å². The Morgan fingerprint density at radius 2 is 1.41 bits per heavy atom. The van der Waals surface area contributed by atoms with Gasteiger partial charge >= 0.3 is 0 Å². The molecule has 0 aromatic heterocycles. The summed E-state index contributed by atoms with van der Waals surface area (Å²) in [6, 6.07) is 21.5. The molecule has 0 aliphatic rings. The minimum atomic E-state index is -3.77. The van der Waals surface area contributed by atoms with Gasteiger partial charge in [0.25, 0.3) is 21.2 Å². The maximum absolute atomic E-state index is 12.9. The van der Waals surface area contributed by atoms with Gasteiger partial charge in [0.1, 0.15) is 0 Å². The van der Waals surface area contributed by atoms with Crippen molar-refractivity contribution in [3.05, 3.63) is 84.4 Å². The smallest absolute Gasteiger partial charge is 0.286 e. The Labute approximate surface area is 192 Å². The number of rotatable bonds is 6. The van der Waals surface area contributed by atoms with Crippen molar-refractivity contribution in [2.45, 2.75) is 9.79 Å². The summed E-state index contributed by atoms with van der Waals surface area (Å²) in [6.45, 7) is 0. The Morgan fingerprint density at radius 3 is 2.03 bits per heavy atom. The van der Waals surface area contributed by atoms with E-state index in [1.54, 1.807) is 62.6 Å². The Hall–Kier alpha value is -3.30. The molecule has 0 aliphatic heterocycles. The molecule has 166 valence electrons. The molecule has 0 bridgehead atoms. The molecule has 0 spiro atoms. The van der Waals surface area contributed by atoms with Crippen LogP contribution < -0.4 is 9.62 Å². The summed E-state index contributed by atoms with van der Waals surface area (Å²) in [6.07, 6.45) is 0. The number of carbonyl (C=O) groups is 2. The monoisotopic (exact) mass is 469 g/mol. The van der Waals surface area contributed by atoms with E-state index in [0.29, 0.717) is 21.8 Å². The van der Waals surface area contributed by atoms with Gasteiger partial charge < -0.3 is 10.2 Å². The number of hydrogen-bond donors (Lipinski definition) is 1. The van der Waals surface area contributed by atoms with Crippen LogP contribution in [0.5, 0.6) is 0 Å². The van der Waals surface area contributed by atoms with Crippen molar-refractivity contribution in [1.29, 1.82) is 0 Å². The predicted molar refractivity (Wildman–Crippen MR) is 128 cm³/mol. The summed E-state index contributed by atoms with van der Waals surface area (Å²) in [5.41, 5.74) is 1.33. The Bertz CT molecular complexity index is 1210. The highest BCUT2D eigenvalue weighted by atomic mass is 32.2. The van der Waals surface area contributed by atoms with Gasteiger partial charge in [-0.05, 0) is 60.3 Å². The predicted octanol–water partition coefficient (Wildman–Crippen LogP) is 4.54. The van der Waals surface area contributed by atoms with Gasteiger partial charge in [-0.15, -0.1) is 0 Å². The third kappa shape index (κ3) is 5.30. The van der Waals surface area contributed by atoms with Crippen molar-refractivity contribution < 1.29 is 18.0 Å². The number of sulfonamides is 1. The average Bonchev–Trinajstić information content (AvgIpc) is 2.80. The quantitative estimate of drug-likeness (QED) is 0.536. The highest BCUT2D eigenvalue weighted by Gasteiger charge is 2.21. The van der Waals surface area contributed by atoms with Gasteiger partial charge in [0.2, 0.25) is 0 Å². The van der Waals surface area contributed by atoms with Gasteiger partial charge in [-0.3, -0.25) is 13.9 Å². The second-order valence-corrected chi connectivity index (χ2v) is 10.0. The molecule has 7 nitrogen and oxygen atoms in total. The van der Waals surface area contributed by atoms with E-state index in [0.717, 1.165) is 11.8 Å². The first-order valence-corrected chi connectivity index (χ1v) is 11.9. The van der Waals surface area contributed by atoms with Crippen molar-refractivity contribution in [2.24, 2.45) is 0 Å². The number of nitrogens with zero attached hydrogens (tertiary/aromatic N) is 2. The van der Waals surface area contributed by atoms with Gasteiger partial charge in [-0.25, -0.2) is 8.42 Å². The highest BCUT2D eigenvalue weighted by Crippen LogP contribution is 2.29. The lowest BCUT2D eigenvalue weighted by atomic mass is 10.2. The number of para-hydroxylation sites is 2. The van der Waals surface area contributed by atoms with Crippen LogP contribution in [0.4, 0.5) is 16.2 Å². The van der Waals surface area contributed by atoms with Crippen LogP contribution in [0, 0.1) is 0 Å². The van der Waals surface area contributed by atoms with E-state index in [1.807, 2.05) is 6.07 Å². The molecule has 32 heavy (non-hydrogen) atoms. The van der Waals surface area contributed by atoms with E-state index in [2.05, 4.69) is 5.32 Å². The fourth-order valence-electron chi connectivity index (χ4n) is 2.75. The second kappa shape index (κ2) is 9.88. The Kier molecular flexibility index (Phi) is 7.22. The number of carbonyl (C=O) groups excluding carboxylic acids is 2. The van der Waals surface area contributed by atoms with E-state index in [-0.39, 0.29) is 10.1 Å². The van der Waals surface area contributed by atoms with Crippen molar-refractivity contribution in [1.82, 2.24) is 4.90 Å². The molecule has 0 saturated heterocycles. The first-order chi connectivity index (χ1) is 15.2. The van der Waals surface area contributed by atoms with Crippen molar-refractivity contribution in [2.75, 3.05) is 30.8 Å². The number of amides is 2. The first-order valence-electron chi connectivity index (χ1n) is 9.63. The van der Waals surface area contributed by atoms with Gasteiger partial charge in [0.15, 0.2) is 0 Å². The van der Waals surface area contributed by atoms with Crippen molar-refractivity contribution >= 4 is 44.3 Å². The largest absolute Gasteiger partial charge is 0.339 e. The molecule has 1 N–H and O–H groups in total. The van der Waals surface area contributed by atoms with Crippen LogP contribution in [0.15, 0.2) is 88.7 Å². The molecule has 2 amide bonds. The number of hydrogen-bond acceptors (Lipinski definition) is 5. The molecule has 0 fully saturated rings. The van der Waals surface area contributed by atoms with E-state index in [9.17, 15) is 18.0 Å². The molecule has 0 radical (unpaired) electrons. The zero-order valence-electron chi connectivity index (χ0n) is 17.8. The van der Waals surface area contributed by atoms with E-state index in [4.69, 9.17) is 0 Å². The lowest BCUT2D eigenvalue weighted by Gasteiger charge is -2.19. The Balaban J connectivity index is 1.77. The van der Waals surface area contributed by atoms with Gasteiger partial charge in [0, 0.05) is 31.6 Å². The number of nitrogens with one attached hydrogen (secondary N) is 1. The maximum Gasteiger partial charge on any atom is 0.286 e. The topological polar surface area (TPSA) is 86.8 Å². The molecule has 0 heterocycles. The number of anilines is 2. The summed E-state index contributed by atoms with van der Waals surface area (Å²) in [7, 11) is 1.02. The van der Waals surface area contributed by atoms with Crippen LogP contribution in [0.3, 0.4) is 0 Å². The summed E-state index contributed by atoms with van der Waals surface area (Å²) in [4.78, 5) is 26.9. The average molecular weight is 470 g/mol. The lowest BCUT2D eigenvalue weighted by molar-refractivity contribution is 0.102. The fraction of sp³-hybridized carbons (Fsp3) is 0.130. The van der Waals surface area contributed by atoms with Crippen LogP contribution >= 0.6 is 11.8 Å². The molecule has 0 saturated carbocycles. The normalized spacial score (nSPS) is 11.0. The van der Waals surface area contributed by atoms with Gasteiger partial charge in [-0.1, -0.05) is 30.3 Å². The fourth-order valence-corrected chi connectivity index (χ4v) is 4.69. The van der Waals surface area contributed by atoms with E-state index < -0.39 is 15.9 Å². The standard InChI is InChI=1S/C23H23N3O4S2/c1-25(2)23(28)31-21-12-8-7-11-20(21)24-22(27)17-13-15-19(16-14-17)32(29,30)26(3)18-9-5-4-6-10-18/h4-16H,1-3H3,(H,24,27). The zero-order valence-corrected chi connectivity index (χ0v) is 19.5. The van der Waals surface area contributed by atoms with Gasteiger partial charge in [0.05, 0.1) is 16.3 Å². The molecule has 9 heteroatoms.